The summed E-state index contributed by atoms with van der Waals surface area (Å²) in [4.78, 5) is 35.0. The Hall–Kier alpha value is -3.73. The number of amides is 1. The number of nitriles is 1. The van der Waals surface area contributed by atoms with E-state index in [1.54, 1.807) is 12.1 Å². The Kier molecular flexibility index (Phi) is 6.11. The smallest absolute Gasteiger partial charge is 0.308 e. The fraction of sp³-hybridized carbons (Fsp3) is 0.318. The van der Waals surface area contributed by atoms with Gasteiger partial charge in [-0.25, -0.2) is 0 Å². The largest absolute Gasteiger partial charge is 0.427 e. The summed E-state index contributed by atoms with van der Waals surface area (Å²) in [6, 6.07) is 12.5. The Morgan fingerprint density at radius 3 is 2.37 bits per heavy atom. The van der Waals surface area contributed by atoms with Crippen LogP contribution in [0.4, 0.5) is 11.4 Å². The molecule has 1 N–H and O–H groups in total. The Morgan fingerprint density at radius 1 is 1.13 bits per heavy atom. The third kappa shape index (κ3) is 4.30. The van der Waals surface area contributed by atoms with E-state index in [0.717, 1.165) is 24.8 Å². The minimum absolute atomic E-state index is 0.0297. The van der Waals surface area contributed by atoms with Gasteiger partial charge in [0.2, 0.25) is 5.91 Å². The van der Waals surface area contributed by atoms with Crippen LogP contribution in [0.5, 0.6) is 5.75 Å². The summed E-state index contributed by atoms with van der Waals surface area (Å²) in [5.41, 5.74) is 0.370. The van der Waals surface area contributed by atoms with Crippen molar-refractivity contribution >= 4 is 23.3 Å². The highest BCUT2D eigenvalue weighted by Crippen LogP contribution is 2.41. The van der Waals surface area contributed by atoms with Gasteiger partial charge < -0.3 is 10.1 Å². The molecule has 2 aromatic carbocycles. The van der Waals surface area contributed by atoms with E-state index >= 15 is 0 Å². The number of nitro benzene ring substituents is 1. The van der Waals surface area contributed by atoms with Gasteiger partial charge in [0.1, 0.15) is 11.8 Å². The standard InChI is InChI=1S/C22H21N3O5/c1-15(26)30-19-9-10-20(16(13-19)14-23)24-21(27)22(11-3-2-4-12-22)17-5-7-18(8-6-17)25(28)29/h5-10,13H,2-4,11-12H2,1H3,(H,24,27). The highest BCUT2D eigenvalue weighted by molar-refractivity contribution is 6.00. The number of rotatable bonds is 5. The minimum Gasteiger partial charge on any atom is -0.427 e. The number of anilines is 1. The van der Waals surface area contributed by atoms with E-state index in [9.17, 15) is 25.0 Å². The van der Waals surface area contributed by atoms with Crippen molar-refractivity contribution in [3.63, 3.8) is 0 Å². The third-order valence-electron chi connectivity index (χ3n) is 5.39. The number of nitro groups is 1. The highest BCUT2D eigenvalue weighted by Gasteiger charge is 2.41. The summed E-state index contributed by atoms with van der Waals surface area (Å²) in [6.45, 7) is 1.26. The fourth-order valence-corrected chi connectivity index (χ4v) is 3.90. The van der Waals surface area contributed by atoms with Crippen molar-refractivity contribution in [2.24, 2.45) is 0 Å². The van der Waals surface area contributed by atoms with Crippen molar-refractivity contribution in [1.82, 2.24) is 0 Å². The van der Waals surface area contributed by atoms with Gasteiger partial charge in [0.15, 0.2) is 0 Å². The number of carbonyl (C=O) groups excluding carboxylic acids is 2. The molecule has 0 unspecified atom stereocenters. The number of hydrogen-bond acceptors (Lipinski definition) is 6. The zero-order valence-electron chi connectivity index (χ0n) is 16.5. The van der Waals surface area contributed by atoms with Gasteiger partial charge in [-0.05, 0) is 30.5 Å². The molecule has 0 bridgehead atoms. The molecule has 8 heteroatoms. The van der Waals surface area contributed by atoms with E-state index in [1.807, 2.05) is 6.07 Å². The summed E-state index contributed by atoms with van der Waals surface area (Å²) < 4.78 is 4.99. The molecule has 0 spiro atoms. The number of carbonyl (C=O) groups is 2. The molecule has 2 aromatic rings. The second-order valence-electron chi connectivity index (χ2n) is 7.31. The van der Waals surface area contributed by atoms with Gasteiger partial charge in [-0.2, -0.15) is 5.26 Å². The van der Waals surface area contributed by atoms with Gasteiger partial charge in [0.25, 0.3) is 5.69 Å². The number of hydrogen-bond donors (Lipinski definition) is 1. The number of ether oxygens (including phenoxy) is 1. The lowest BCUT2D eigenvalue weighted by Crippen LogP contribution is -2.42. The maximum Gasteiger partial charge on any atom is 0.308 e. The maximum absolute atomic E-state index is 13.4. The summed E-state index contributed by atoms with van der Waals surface area (Å²) in [5.74, 6) is -0.539. The summed E-state index contributed by atoms with van der Waals surface area (Å²) >= 11 is 0. The van der Waals surface area contributed by atoms with Crippen LogP contribution in [0.2, 0.25) is 0 Å². The molecule has 1 saturated carbocycles. The van der Waals surface area contributed by atoms with Crippen LogP contribution in [0.1, 0.15) is 50.2 Å². The molecule has 1 aliphatic rings. The van der Waals surface area contributed by atoms with E-state index in [-0.39, 0.29) is 22.9 Å². The first-order valence-corrected chi connectivity index (χ1v) is 9.65. The van der Waals surface area contributed by atoms with Gasteiger partial charge in [-0.15, -0.1) is 0 Å². The SMILES string of the molecule is CC(=O)Oc1ccc(NC(=O)C2(c3ccc([N+](=O)[O-])cc3)CCCCC2)c(C#N)c1. The minimum atomic E-state index is -0.825. The number of benzene rings is 2. The number of esters is 1. The zero-order chi connectivity index (χ0) is 21.7. The van der Waals surface area contributed by atoms with Gasteiger partial charge >= 0.3 is 5.97 Å². The molecule has 1 fully saturated rings. The predicted molar refractivity (Wildman–Crippen MR) is 109 cm³/mol. The van der Waals surface area contributed by atoms with Crippen LogP contribution in [-0.2, 0) is 15.0 Å². The number of nitrogens with zero attached hydrogens (tertiary/aromatic N) is 2. The molecule has 0 atom stereocenters. The molecule has 154 valence electrons. The first-order chi connectivity index (χ1) is 14.4. The zero-order valence-corrected chi connectivity index (χ0v) is 16.5. The van der Waals surface area contributed by atoms with E-state index in [0.29, 0.717) is 18.5 Å². The molecule has 0 aromatic heterocycles. The molecule has 1 aliphatic carbocycles. The van der Waals surface area contributed by atoms with E-state index < -0.39 is 16.3 Å². The first kappa shape index (κ1) is 21.0. The average molecular weight is 407 g/mol. The van der Waals surface area contributed by atoms with Crippen LogP contribution in [0, 0.1) is 21.4 Å². The van der Waals surface area contributed by atoms with Crippen molar-refractivity contribution in [3.8, 4) is 11.8 Å². The van der Waals surface area contributed by atoms with E-state index in [2.05, 4.69) is 5.32 Å². The molecule has 30 heavy (non-hydrogen) atoms. The van der Waals surface area contributed by atoms with E-state index in [1.165, 1.54) is 37.3 Å². The Labute approximate surface area is 173 Å². The molecule has 1 amide bonds. The molecule has 0 radical (unpaired) electrons. The summed E-state index contributed by atoms with van der Waals surface area (Å²) in [6.07, 6.45) is 3.97. The monoisotopic (exact) mass is 407 g/mol. The van der Waals surface area contributed by atoms with Crippen LogP contribution < -0.4 is 10.1 Å². The molecule has 0 saturated heterocycles. The van der Waals surface area contributed by atoms with Gasteiger partial charge in [0, 0.05) is 25.1 Å². The molecule has 8 nitrogen and oxygen atoms in total. The maximum atomic E-state index is 13.4. The van der Waals surface area contributed by atoms with Crippen molar-refractivity contribution in [1.29, 1.82) is 5.26 Å². The molecular weight excluding hydrogens is 386 g/mol. The summed E-state index contributed by atoms with van der Waals surface area (Å²) in [7, 11) is 0. The molecule has 0 heterocycles. The van der Waals surface area contributed by atoms with Crippen molar-refractivity contribution in [2.45, 2.75) is 44.4 Å². The molecule has 0 aliphatic heterocycles. The molecule has 3 rings (SSSR count). The number of nitrogens with one attached hydrogen (secondary N) is 1. The van der Waals surface area contributed by atoms with Gasteiger partial charge in [-0.3, -0.25) is 19.7 Å². The van der Waals surface area contributed by atoms with Crippen LogP contribution in [0.3, 0.4) is 0 Å². The topological polar surface area (TPSA) is 122 Å². The lowest BCUT2D eigenvalue weighted by atomic mass is 9.68. The normalized spacial score (nSPS) is 14.9. The second kappa shape index (κ2) is 8.74. The average Bonchev–Trinajstić information content (AvgIpc) is 2.74. The van der Waals surface area contributed by atoms with Crippen LogP contribution in [0.25, 0.3) is 0 Å². The third-order valence-corrected chi connectivity index (χ3v) is 5.39. The fourth-order valence-electron chi connectivity index (χ4n) is 3.90. The molecular formula is C22H21N3O5. The quantitative estimate of drug-likeness (QED) is 0.342. The van der Waals surface area contributed by atoms with Crippen LogP contribution in [-0.4, -0.2) is 16.8 Å². The predicted octanol–water partition coefficient (Wildman–Crippen LogP) is 4.23. The summed E-state index contributed by atoms with van der Waals surface area (Å²) in [5, 5.41) is 23.3. The van der Waals surface area contributed by atoms with Crippen LogP contribution in [0.15, 0.2) is 42.5 Å². The number of non-ortho nitro benzene ring substituents is 1. The van der Waals surface area contributed by atoms with Gasteiger partial charge in [0.05, 0.1) is 21.6 Å². The Balaban J connectivity index is 1.92. The second-order valence-corrected chi connectivity index (χ2v) is 7.31. The lowest BCUT2D eigenvalue weighted by Gasteiger charge is -2.36. The first-order valence-electron chi connectivity index (χ1n) is 9.65. The van der Waals surface area contributed by atoms with Crippen LogP contribution >= 0.6 is 0 Å². The van der Waals surface area contributed by atoms with Crippen molar-refractivity contribution < 1.29 is 19.2 Å². The van der Waals surface area contributed by atoms with Gasteiger partial charge in [-0.1, -0.05) is 31.4 Å². The lowest BCUT2D eigenvalue weighted by molar-refractivity contribution is -0.384. The Bertz CT molecular complexity index is 1020. The van der Waals surface area contributed by atoms with Crippen molar-refractivity contribution in [3.05, 3.63) is 63.7 Å². The highest BCUT2D eigenvalue weighted by atomic mass is 16.6. The van der Waals surface area contributed by atoms with E-state index in [4.69, 9.17) is 4.74 Å². The van der Waals surface area contributed by atoms with Crippen molar-refractivity contribution in [2.75, 3.05) is 5.32 Å². The Morgan fingerprint density at radius 2 is 1.80 bits per heavy atom.